The molecular formula is C22H18N4O2. The first kappa shape index (κ1) is 17.5. The summed E-state index contributed by atoms with van der Waals surface area (Å²) in [5, 5.41) is 5.70. The SMILES string of the molecule is O=C(NC(C(=O)Nc1ccccc1)c1ccccc1)c1ccc2nccn2c1. The Morgan fingerprint density at radius 2 is 1.61 bits per heavy atom. The van der Waals surface area contributed by atoms with Crippen molar-refractivity contribution in [1.29, 1.82) is 0 Å². The number of para-hydroxylation sites is 1. The van der Waals surface area contributed by atoms with Gasteiger partial charge in [0.15, 0.2) is 0 Å². The van der Waals surface area contributed by atoms with E-state index in [2.05, 4.69) is 15.6 Å². The molecule has 138 valence electrons. The van der Waals surface area contributed by atoms with Crippen LogP contribution in [0.25, 0.3) is 5.65 Å². The van der Waals surface area contributed by atoms with Crippen LogP contribution in [0.4, 0.5) is 5.69 Å². The van der Waals surface area contributed by atoms with Crippen molar-refractivity contribution in [2.75, 3.05) is 5.32 Å². The Hall–Kier alpha value is -3.93. The lowest BCUT2D eigenvalue weighted by Gasteiger charge is -2.19. The molecule has 0 bridgehead atoms. The number of rotatable bonds is 5. The molecule has 4 rings (SSSR count). The number of nitrogens with zero attached hydrogens (tertiary/aromatic N) is 2. The minimum absolute atomic E-state index is 0.311. The van der Waals surface area contributed by atoms with Gasteiger partial charge in [0.05, 0.1) is 5.56 Å². The van der Waals surface area contributed by atoms with Gasteiger partial charge in [0.2, 0.25) is 0 Å². The number of hydrogen-bond acceptors (Lipinski definition) is 3. The molecule has 0 spiro atoms. The van der Waals surface area contributed by atoms with Gasteiger partial charge in [-0.25, -0.2) is 4.98 Å². The third-order valence-corrected chi connectivity index (χ3v) is 4.36. The minimum atomic E-state index is -0.826. The first-order valence-electron chi connectivity index (χ1n) is 8.85. The molecule has 2 heterocycles. The zero-order chi connectivity index (χ0) is 19.3. The zero-order valence-corrected chi connectivity index (χ0v) is 14.9. The second kappa shape index (κ2) is 7.75. The number of carbonyl (C=O) groups excluding carboxylic acids is 2. The summed E-state index contributed by atoms with van der Waals surface area (Å²) in [6, 6.07) is 20.9. The average Bonchev–Trinajstić information content (AvgIpc) is 3.21. The third kappa shape index (κ3) is 3.76. The van der Waals surface area contributed by atoms with Crippen molar-refractivity contribution in [2.45, 2.75) is 6.04 Å². The fourth-order valence-corrected chi connectivity index (χ4v) is 2.95. The summed E-state index contributed by atoms with van der Waals surface area (Å²) >= 11 is 0. The average molecular weight is 370 g/mol. The standard InChI is InChI=1S/C22H18N4O2/c27-21(17-11-12-19-23-13-14-26(19)15-17)25-20(16-7-3-1-4-8-16)22(28)24-18-9-5-2-6-10-18/h1-15,20H,(H,24,28)(H,25,27). The third-order valence-electron chi connectivity index (χ3n) is 4.36. The molecule has 0 saturated carbocycles. The monoisotopic (exact) mass is 370 g/mol. The molecule has 28 heavy (non-hydrogen) atoms. The normalized spacial score (nSPS) is 11.7. The summed E-state index contributed by atoms with van der Waals surface area (Å²) in [7, 11) is 0. The van der Waals surface area contributed by atoms with Gasteiger partial charge in [0.25, 0.3) is 11.8 Å². The van der Waals surface area contributed by atoms with E-state index in [0.717, 1.165) is 5.65 Å². The summed E-state index contributed by atoms with van der Waals surface area (Å²) in [4.78, 5) is 29.9. The zero-order valence-electron chi connectivity index (χ0n) is 14.9. The van der Waals surface area contributed by atoms with Gasteiger partial charge in [-0.1, -0.05) is 48.5 Å². The molecule has 0 aliphatic heterocycles. The van der Waals surface area contributed by atoms with E-state index in [1.54, 1.807) is 47.3 Å². The maximum absolute atomic E-state index is 12.9. The van der Waals surface area contributed by atoms with Crippen LogP contribution in [0.3, 0.4) is 0 Å². The number of pyridine rings is 1. The highest BCUT2D eigenvalue weighted by atomic mass is 16.2. The summed E-state index contributed by atoms with van der Waals surface area (Å²) in [5.41, 5.74) is 2.56. The van der Waals surface area contributed by atoms with Crippen LogP contribution in [0, 0.1) is 0 Å². The predicted molar refractivity (Wildman–Crippen MR) is 107 cm³/mol. The van der Waals surface area contributed by atoms with Crippen LogP contribution in [-0.4, -0.2) is 21.2 Å². The Kier molecular flexibility index (Phi) is 4.84. The molecule has 0 aliphatic carbocycles. The van der Waals surface area contributed by atoms with Gasteiger partial charge in [0, 0.05) is 24.3 Å². The van der Waals surface area contributed by atoms with Gasteiger partial charge in [0.1, 0.15) is 11.7 Å². The molecule has 2 aromatic carbocycles. The lowest BCUT2D eigenvalue weighted by Crippen LogP contribution is -2.37. The Balaban J connectivity index is 1.59. The maximum Gasteiger partial charge on any atom is 0.253 e. The van der Waals surface area contributed by atoms with Gasteiger partial charge in [-0.2, -0.15) is 0 Å². The number of aromatic nitrogens is 2. The summed E-state index contributed by atoms with van der Waals surface area (Å²) in [5.74, 6) is -0.651. The Morgan fingerprint density at radius 1 is 0.893 bits per heavy atom. The number of nitrogens with one attached hydrogen (secondary N) is 2. The Morgan fingerprint density at radius 3 is 2.36 bits per heavy atom. The van der Waals surface area contributed by atoms with Crippen molar-refractivity contribution in [2.24, 2.45) is 0 Å². The van der Waals surface area contributed by atoms with Crippen molar-refractivity contribution in [3.8, 4) is 0 Å². The van der Waals surface area contributed by atoms with Gasteiger partial charge < -0.3 is 15.0 Å². The van der Waals surface area contributed by atoms with Crippen LogP contribution < -0.4 is 10.6 Å². The molecule has 1 atom stereocenters. The molecular weight excluding hydrogens is 352 g/mol. The fraction of sp³-hybridized carbons (Fsp3) is 0.0455. The number of imidazole rings is 1. The first-order valence-corrected chi connectivity index (χ1v) is 8.85. The minimum Gasteiger partial charge on any atom is -0.336 e. The van der Waals surface area contributed by atoms with E-state index in [-0.39, 0.29) is 11.8 Å². The van der Waals surface area contributed by atoms with E-state index in [1.807, 2.05) is 48.5 Å². The smallest absolute Gasteiger partial charge is 0.253 e. The molecule has 2 N–H and O–H groups in total. The number of fused-ring (bicyclic) bond motifs is 1. The summed E-state index contributed by atoms with van der Waals surface area (Å²) in [6.45, 7) is 0. The van der Waals surface area contributed by atoms with E-state index >= 15 is 0 Å². The molecule has 2 amide bonds. The van der Waals surface area contributed by atoms with Crippen LogP contribution in [0.2, 0.25) is 0 Å². The largest absolute Gasteiger partial charge is 0.336 e. The Labute approximate surface area is 161 Å². The summed E-state index contributed by atoms with van der Waals surface area (Å²) in [6.07, 6.45) is 5.12. The number of amides is 2. The molecule has 2 aromatic heterocycles. The van der Waals surface area contributed by atoms with Crippen LogP contribution in [0.1, 0.15) is 22.0 Å². The van der Waals surface area contributed by atoms with Gasteiger partial charge >= 0.3 is 0 Å². The lowest BCUT2D eigenvalue weighted by molar-refractivity contribution is -0.118. The molecule has 0 radical (unpaired) electrons. The van der Waals surface area contributed by atoms with E-state index in [1.165, 1.54) is 0 Å². The van der Waals surface area contributed by atoms with Crippen molar-refractivity contribution in [1.82, 2.24) is 14.7 Å². The van der Waals surface area contributed by atoms with Crippen molar-refractivity contribution in [3.05, 3.63) is 103 Å². The molecule has 0 fully saturated rings. The lowest BCUT2D eigenvalue weighted by atomic mass is 10.1. The predicted octanol–water partition coefficient (Wildman–Crippen LogP) is 3.44. The molecule has 6 heteroatoms. The van der Waals surface area contributed by atoms with Crippen LogP contribution >= 0.6 is 0 Å². The fourth-order valence-electron chi connectivity index (χ4n) is 2.95. The van der Waals surface area contributed by atoms with E-state index in [0.29, 0.717) is 16.8 Å². The number of carbonyl (C=O) groups is 2. The second-order valence-corrected chi connectivity index (χ2v) is 6.28. The first-order chi connectivity index (χ1) is 13.7. The van der Waals surface area contributed by atoms with E-state index in [4.69, 9.17) is 0 Å². The molecule has 0 aliphatic rings. The topological polar surface area (TPSA) is 75.5 Å². The summed E-state index contributed by atoms with van der Waals surface area (Å²) < 4.78 is 1.76. The molecule has 6 nitrogen and oxygen atoms in total. The van der Waals surface area contributed by atoms with Crippen molar-refractivity contribution in [3.63, 3.8) is 0 Å². The highest BCUT2D eigenvalue weighted by Crippen LogP contribution is 2.17. The number of anilines is 1. The van der Waals surface area contributed by atoms with Gasteiger partial charge in [-0.3, -0.25) is 9.59 Å². The molecule has 4 aromatic rings. The quantitative estimate of drug-likeness (QED) is 0.565. The molecule has 1 unspecified atom stereocenters. The Bertz CT molecular complexity index is 1110. The highest BCUT2D eigenvalue weighted by Gasteiger charge is 2.23. The number of benzene rings is 2. The van der Waals surface area contributed by atoms with E-state index in [9.17, 15) is 9.59 Å². The van der Waals surface area contributed by atoms with Crippen LogP contribution in [-0.2, 0) is 4.79 Å². The van der Waals surface area contributed by atoms with Gasteiger partial charge in [-0.15, -0.1) is 0 Å². The highest BCUT2D eigenvalue weighted by molar-refractivity contribution is 6.01. The molecule has 0 saturated heterocycles. The van der Waals surface area contributed by atoms with Crippen molar-refractivity contribution < 1.29 is 9.59 Å². The van der Waals surface area contributed by atoms with E-state index < -0.39 is 6.04 Å². The van der Waals surface area contributed by atoms with Gasteiger partial charge in [-0.05, 0) is 29.8 Å². The maximum atomic E-state index is 12.9. The van der Waals surface area contributed by atoms with Crippen LogP contribution in [0.5, 0.6) is 0 Å². The van der Waals surface area contributed by atoms with Crippen LogP contribution in [0.15, 0.2) is 91.4 Å². The number of hydrogen-bond donors (Lipinski definition) is 2. The van der Waals surface area contributed by atoms with Crippen molar-refractivity contribution >= 4 is 23.1 Å². The second-order valence-electron chi connectivity index (χ2n) is 6.28.